The van der Waals surface area contributed by atoms with Crippen molar-refractivity contribution in [2.75, 3.05) is 131 Å². The third-order valence-electron chi connectivity index (χ3n) is 16.6. The number of ketones is 2. The summed E-state index contributed by atoms with van der Waals surface area (Å²) in [6.45, 7) is 11.1. The zero-order chi connectivity index (χ0) is 65.5. The van der Waals surface area contributed by atoms with Crippen molar-refractivity contribution >= 4 is 46.8 Å². The molecule has 28 nitrogen and oxygen atoms in total. The van der Waals surface area contributed by atoms with Crippen LogP contribution in [-0.2, 0) is 66.6 Å². The van der Waals surface area contributed by atoms with E-state index in [0.717, 1.165) is 38.5 Å². The average Bonchev–Trinajstić information content (AvgIpc) is 1.78. The second kappa shape index (κ2) is 40.3. The highest BCUT2D eigenvalue weighted by atomic mass is 16.7. The lowest BCUT2D eigenvalue weighted by atomic mass is 9.67. The number of likely N-dealkylation sites (tertiary alicyclic amines) is 1. The lowest BCUT2D eigenvalue weighted by molar-refractivity contribution is -0.316. The SMILES string of the molecule is CCC1(C)CN(C(=O)CCCCCCCCC(=O)CCC(=O)Nc2ccc(C(=O)N(C)CCOCCOCCOCCOC3O[C@H](CO)[C@H](O)[C@H](O)[C@H]3CC(C)=O)c(C(=O)NCCOCCOCCOC3O[C@H](O)[C@H](O)[C@H](O)[C@H]3NC(C)=O)c2)CC1(C)CO. The van der Waals surface area contributed by atoms with Crippen molar-refractivity contribution in [1.29, 1.82) is 0 Å². The number of rotatable bonds is 44. The van der Waals surface area contributed by atoms with Gasteiger partial charge in [0, 0.05) is 89.3 Å². The van der Waals surface area contributed by atoms with Crippen LogP contribution in [0.1, 0.15) is 132 Å². The number of benzene rings is 1. The van der Waals surface area contributed by atoms with E-state index in [1.54, 1.807) is 7.05 Å². The van der Waals surface area contributed by atoms with Crippen LogP contribution in [0.3, 0.4) is 0 Å². The summed E-state index contributed by atoms with van der Waals surface area (Å²) in [5.41, 5.74) is -0.183. The van der Waals surface area contributed by atoms with Crippen molar-refractivity contribution in [3.63, 3.8) is 0 Å². The monoisotopic (exact) mass is 1270 g/mol. The van der Waals surface area contributed by atoms with E-state index in [1.165, 1.54) is 36.9 Å². The Morgan fingerprint density at radius 2 is 1.22 bits per heavy atom. The molecule has 508 valence electrons. The van der Waals surface area contributed by atoms with Crippen LogP contribution in [0.25, 0.3) is 0 Å². The average molecular weight is 1270 g/mol. The molecule has 3 heterocycles. The summed E-state index contributed by atoms with van der Waals surface area (Å²) in [5, 5.41) is 78.3. The number of likely N-dealkylation sites (N-methyl/N-ethyl adjacent to an activating group) is 1. The van der Waals surface area contributed by atoms with Crippen molar-refractivity contribution in [3.05, 3.63) is 29.3 Å². The predicted molar refractivity (Wildman–Crippen MR) is 319 cm³/mol. The summed E-state index contributed by atoms with van der Waals surface area (Å²) in [4.78, 5) is 93.1. The minimum Gasteiger partial charge on any atom is -0.396 e. The topological polar surface area (TPSA) is 387 Å². The molecular weight excluding hydrogens is 1170 g/mol. The number of anilines is 1. The summed E-state index contributed by atoms with van der Waals surface area (Å²) < 4.78 is 49.9. The van der Waals surface area contributed by atoms with E-state index < -0.39 is 91.6 Å². The molecule has 0 aromatic heterocycles. The lowest BCUT2D eigenvalue weighted by Gasteiger charge is -2.41. The molecule has 0 saturated carbocycles. The summed E-state index contributed by atoms with van der Waals surface area (Å²) in [6.07, 6.45) is -4.38. The van der Waals surface area contributed by atoms with Crippen LogP contribution < -0.4 is 16.0 Å². The fourth-order valence-corrected chi connectivity index (χ4v) is 10.7. The van der Waals surface area contributed by atoms with Gasteiger partial charge in [0.2, 0.25) is 17.7 Å². The van der Waals surface area contributed by atoms with Gasteiger partial charge in [0.15, 0.2) is 18.9 Å². The third kappa shape index (κ3) is 25.4. The van der Waals surface area contributed by atoms with Gasteiger partial charge in [-0.25, -0.2) is 0 Å². The first-order valence-corrected chi connectivity index (χ1v) is 31.1. The number of aliphatic hydroxyl groups is 7. The zero-order valence-electron chi connectivity index (χ0n) is 52.8. The molecule has 3 aliphatic rings. The molecule has 0 bridgehead atoms. The smallest absolute Gasteiger partial charge is 0.254 e. The van der Waals surface area contributed by atoms with Gasteiger partial charge >= 0.3 is 0 Å². The van der Waals surface area contributed by atoms with Crippen LogP contribution in [0.2, 0.25) is 0 Å². The second-order valence-corrected chi connectivity index (χ2v) is 23.5. The predicted octanol–water partition coefficient (Wildman–Crippen LogP) is 0.206. The Labute approximate surface area is 521 Å². The van der Waals surface area contributed by atoms with E-state index >= 15 is 0 Å². The Hall–Kier alpha value is -4.73. The summed E-state index contributed by atoms with van der Waals surface area (Å²) in [7, 11) is 1.54. The normalized spacial score (nSPS) is 26.0. The Morgan fingerprint density at radius 3 is 1.81 bits per heavy atom. The number of amides is 5. The van der Waals surface area contributed by atoms with Gasteiger partial charge < -0.3 is 109 Å². The number of nitrogens with one attached hydrogen (secondary N) is 3. The molecule has 10 N–H and O–H groups in total. The van der Waals surface area contributed by atoms with Crippen molar-refractivity contribution in [2.24, 2.45) is 16.7 Å². The lowest BCUT2D eigenvalue weighted by Crippen LogP contribution is -2.64. The molecule has 1 aromatic rings. The molecule has 5 amide bonds. The maximum Gasteiger partial charge on any atom is 0.254 e. The first-order chi connectivity index (χ1) is 42.5. The van der Waals surface area contributed by atoms with E-state index in [1.807, 2.05) is 4.90 Å². The van der Waals surface area contributed by atoms with Crippen molar-refractivity contribution in [3.8, 4) is 0 Å². The molecule has 89 heavy (non-hydrogen) atoms. The first kappa shape index (κ1) is 76.7. The Bertz CT molecular complexity index is 2320. The van der Waals surface area contributed by atoms with Gasteiger partial charge in [-0.3, -0.25) is 28.8 Å². The number of ether oxygens (including phenoxy) is 9. The minimum atomic E-state index is -1.74. The van der Waals surface area contributed by atoms with Crippen LogP contribution in [0.15, 0.2) is 18.2 Å². The van der Waals surface area contributed by atoms with Crippen LogP contribution in [0.5, 0.6) is 0 Å². The Kier molecular flexibility index (Phi) is 34.7. The van der Waals surface area contributed by atoms with Crippen LogP contribution >= 0.6 is 0 Å². The van der Waals surface area contributed by atoms with Crippen molar-refractivity contribution in [2.45, 2.75) is 167 Å². The fourth-order valence-electron chi connectivity index (χ4n) is 10.7. The van der Waals surface area contributed by atoms with E-state index in [0.29, 0.717) is 32.4 Å². The van der Waals surface area contributed by atoms with Gasteiger partial charge in [-0.1, -0.05) is 46.5 Å². The molecule has 3 aliphatic heterocycles. The standard InChI is InChI=1S/C61H101N5O23/c1-7-60(4)37-66(38-61(60,5)39-68)49(73)15-13-11-9-8-10-12-14-43(71)17-19-48(72)64-42-16-18-44(45(35-42)55(78)62-20-22-81-24-26-84-31-33-87-59-50(63-41(3)70)53(76)54(77)57(80)89-59)56(79)65(6)21-23-82-25-27-83-28-29-85-30-32-86-58-46(34-40(2)69)51(74)52(75)47(36-67)88-58/h16,18,35,46-47,50-54,57-59,67-68,74-77,80H,7-15,17,19-34,36-39H2,1-6H3,(H,62,78)(H,63,70)(H,64,72)/t46-,47-,50-,51-,52+,53-,54-,57+,58?,59?,60?,61?/m1/s1. The molecule has 3 fully saturated rings. The molecule has 1 aromatic carbocycles. The zero-order valence-corrected chi connectivity index (χ0v) is 52.8. The summed E-state index contributed by atoms with van der Waals surface area (Å²) in [6, 6.07) is 3.17. The molecule has 12 atom stereocenters. The first-order valence-electron chi connectivity index (χ1n) is 31.1. The van der Waals surface area contributed by atoms with Gasteiger partial charge in [-0.15, -0.1) is 0 Å². The number of Topliss-reactive ketones (excluding diaryl/α,β-unsaturated/α-hetero) is 2. The number of carbonyl (C=O) groups excluding carboxylic acids is 7. The van der Waals surface area contributed by atoms with Crippen LogP contribution in [0, 0.1) is 16.7 Å². The van der Waals surface area contributed by atoms with Gasteiger partial charge in [-0.05, 0) is 49.8 Å². The molecule has 4 unspecified atom stereocenters. The number of aliphatic hydroxyl groups excluding tert-OH is 7. The van der Waals surface area contributed by atoms with Crippen molar-refractivity contribution < 1.29 is 112 Å². The molecular formula is C61H101N5O23. The van der Waals surface area contributed by atoms with Crippen LogP contribution in [0.4, 0.5) is 5.69 Å². The highest BCUT2D eigenvalue weighted by Gasteiger charge is 2.52. The summed E-state index contributed by atoms with van der Waals surface area (Å²) in [5.74, 6) is -3.07. The molecule has 0 aliphatic carbocycles. The molecule has 4 rings (SSSR count). The third-order valence-corrected chi connectivity index (χ3v) is 16.6. The Morgan fingerprint density at radius 1 is 0.652 bits per heavy atom. The van der Waals surface area contributed by atoms with E-state index in [2.05, 4.69) is 36.7 Å². The molecule has 0 spiro atoms. The quantitative estimate of drug-likeness (QED) is 0.0390. The largest absolute Gasteiger partial charge is 0.396 e. The summed E-state index contributed by atoms with van der Waals surface area (Å²) >= 11 is 0. The Balaban J connectivity index is 1.18. The van der Waals surface area contributed by atoms with Gasteiger partial charge in [-0.2, -0.15) is 0 Å². The molecule has 0 radical (unpaired) electrons. The van der Waals surface area contributed by atoms with Crippen molar-refractivity contribution in [1.82, 2.24) is 20.4 Å². The maximum absolute atomic E-state index is 13.9. The number of hydrogen-bond donors (Lipinski definition) is 10. The minimum absolute atomic E-state index is 0.0235. The maximum atomic E-state index is 13.9. The number of nitrogens with zero attached hydrogens (tertiary/aromatic N) is 2. The number of unbranched alkanes of at least 4 members (excludes halogenated alkanes) is 5. The van der Waals surface area contributed by atoms with Gasteiger partial charge in [0.05, 0.1) is 110 Å². The van der Waals surface area contributed by atoms with Gasteiger partial charge in [0.25, 0.3) is 11.8 Å². The highest BCUT2D eigenvalue weighted by molar-refractivity contribution is 6.08. The highest BCUT2D eigenvalue weighted by Crippen LogP contribution is 2.48. The molecule has 3 saturated heterocycles. The van der Waals surface area contributed by atoms with E-state index in [9.17, 15) is 69.3 Å². The van der Waals surface area contributed by atoms with E-state index in [4.69, 9.17) is 42.6 Å². The van der Waals surface area contributed by atoms with Crippen LogP contribution in [-0.4, -0.2) is 268 Å². The fraction of sp³-hybridized carbons (Fsp3) is 0.787. The number of carbonyl (C=O) groups is 7. The van der Waals surface area contributed by atoms with Gasteiger partial charge in [0.1, 0.15) is 42.0 Å². The second-order valence-electron chi connectivity index (χ2n) is 23.5. The molecule has 28 heteroatoms. The number of hydrogen-bond acceptors (Lipinski definition) is 23. The van der Waals surface area contributed by atoms with E-state index in [-0.39, 0.29) is 163 Å².